The Hall–Kier alpha value is -3.11. The highest BCUT2D eigenvalue weighted by atomic mass is 35.5. The summed E-state index contributed by atoms with van der Waals surface area (Å²) in [4.78, 5) is 26.0. The van der Waals surface area contributed by atoms with Gasteiger partial charge in [0.05, 0.1) is 18.8 Å². The number of aldehydes is 1. The number of aliphatic hydroxyl groups is 2. The molecule has 4 atom stereocenters. The van der Waals surface area contributed by atoms with Gasteiger partial charge in [0, 0.05) is 47.4 Å². The van der Waals surface area contributed by atoms with Crippen LogP contribution in [0.1, 0.15) is 87.4 Å². The molecule has 3 unspecified atom stereocenters. The molecule has 10 heteroatoms. The number of amides is 1. The Morgan fingerprint density at radius 2 is 1.53 bits per heavy atom. The molecule has 1 amide bonds. The van der Waals surface area contributed by atoms with Crippen LogP contribution in [0.2, 0.25) is 10.0 Å². The van der Waals surface area contributed by atoms with Gasteiger partial charge in [-0.15, -0.1) is 6.58 Å². The molecule has 0 saturated carbocycles. The van der Waals surface area contributed by atoms with Crippen molar-refractivity contribution in [3.63, 3.8) is 0 Å². The first-order valence-corrected chi connectivity index (χ1v) is 17.4. The van der Waals surface area contributed by atoms with Crippen molar-refractivity contribution in [3.8, 4) is 0 Å². The minimum Gasteiger partial charge on any atom is -0.388 e. The lowest BCUT2D eigenvalue weighted by Crippen LogP contribution is -2.51. The van der Waals surface area contributed by atoms with Crippen molar-refractivity contribution in [1.82, 2.24) is 4.90 Å². The zero-order valence-corrected chi connectivity index (χ0v) is 31.2. The number of aliphatic hydroxyl groups excluding tert-OH is 1. The van der Waals surface area contributed by atoms with Gasteiger partial charge in [0.1, 0.15) is 12.1 Å². The number of ether oxygens (including phenoxy) is 2. The van der Waals surface area contributed by atoms with Crippen LogP contribution in [0.4, 0.5) is 4.39 Å². The molecule has 0 bridgehead atoms. The number of benzene rings is 3. The Labute approximate surface area is 301 Å². The molecule has 3 aromatic rings. The first-order valence-electron chi connectivity index (χ1n) is 16.6. The second-order valence-electron chi connectivity index (χ2n) is 11.0. The smallest absolute Gasteiger partial charge is 0.213 e. The Balaban J connectivity index is 0.00000120. The molecule has 7 nitrogen and oxygen atoms in total. The third-order valence-corrected chi connectivity index (χ3v) is 8.46. The van der Waals surface area contributed by atoms with Gasteiger partial charge >= 0.3 is 0 Å². The molecule has 1 heterocycles. The molecular weight excluding hydrogens is 668 g/mol. The molecule has 2 N–H and O–H groups in total. The Bertz CT molecular complexity index is 1390. The summed E-state index contributed by atoms with van der Waals surface area (Å²) < 4.78 is 26.2. The van der Waals surface area contributed by atoms with Crippen molar-refractivity contribution in [3.05, 3.63) is 117 Å². The summed E-state index contributed by atoms with van der Waals surface area (Å²) in [6.45, 7) is 16.3. The van der Waals surface area contributed by atoms with E-state index in [4.69, 9.17) is 27.9 Å². The number of halogens is 3. The third kappa shape index (κ3) is 11.5. The van der Waals surface area contributed by atoms with Crippen LogP contribution in [0.3, 0.4) is 0 Å². The fourth-order valence-corrected chi connectivity index (χ4v) is 5.96. The van der Waals surface area contributed by atoms with Gasteiger partial charge in [-0.2, -0.15) is 0 Å². The number of methoxy groups -OCH3 is 1. The average molecular weight is 721 g/mol. The summed E-state index contributed by atoms with van der Waals surface area (Å²) in [6.07, 6.45) is 3.16. The zero-order valence-electron chi connectivity index (χ0n) is 29.7. The van der Waals surface area contributed by atoms with Crippen LogP contribution >= 0.6 is 23.2 Å². The molecule has 1 aliphatic heterocycles. The van der Waals surface area contributed by atoms with E-state index in [0.717, 1.165) is 4.90 Å². The number of nitrogens with zero attached hydrogens (tertiary/aromatic N) is 1. The minimum atomic E-state index is -2.36. The molecule has 4 rings (SSSR count). The van der Waals surface area contributed by atoms with Gasteiger partial charge in [0.15, 0.2) is 5.72 Å². The predicted molar refractivity (Wildman–Crippen MR) is 196 cm³/mol. The SMILES string of the molecule is C=CCOC.CC.CC.Cc1cc(C(O)C2CCOCC2)cc(F)c1C(O)(c1ccc(Cl)cc1)N(C=O)C(c1ccc(Cl)cc1)[C@H](C)C=O. The number of hydrogen-bond acceptors (Lipinski definition) is 6. The number of hydrogen-bond donors (Lipinski definition) is 2. The second kappa shape index (κ2) is 22.6. The highest BCUT2D eigenvalue weighted by molar-refractivity contribution is 6.30. The standard InChI is InChI=1S/C31H32Cl2FNO5.C4H8O.2C2H6/c1-19-15-23(30(38)22-11-13-40-14-12-22)16-27(34)28(19)31(39,24-5-9-26(33)10-6-24)35(18-37)29(20(2)17-36)21-3-7-25(32)8-4-21;1-3-4-5-2;2*1-2/h3-10,15-18,20,22,29-30,38-39H,11-14H2,1-2H3;3H,1,4H2,2H3;2*1-2H3/t20-,29?,30?,31?;;;/m1.../s1. The number of carbonyl (C=O) groups is 2. The molecule has 1 fully saturated rings. The lowest BCUT2D eigenvalue weighted by Gasteiger charge is -2.45. The highest BCUT2D eigenvalue weighted by Gasteiger charge is 2.46. The van der Waals surface area contributed by atoms with E-state index in [1.807, 2.05) is 27.7 Å². The van der Waals surface area contributed by atoms with E-state index in [2.05, 4.69) is 11.3 Å². The summed E-state index contributed by atoms with van der Waals surface area (Å²) in [5.74, 6) is -1.69. The first-order chi connectivity index (χ1) is 23.5. The van der Waals surface area contributed by atoms with Crippen LogP contribution in [0.25, 0.3) is 0 Å². The van der Waals surface area contributed by atoms with Crippen molar-refractivity contribution in [2.75, 3.05) is 26.9 Å². The van der Waals surface area contributed by atoms with Crippen LogP contribution < -0.4 is 0 Å². The monoisotopic (exact) mass is 719 g/mol. The van der Waals surface area contributed by atoms with E-state index in [1.165, 1.54) is 30.3 Å². The number of carbonyl (C=O) groups excluding carboxylic acids is 2. The predicted octanol–water partition coefficient (Wildman–Crippen LogP) is 9.00. The highest BCUT2D eigenvalue weighted by Crippen LogP contribution is 2.44. The molecule has 49 heavy (non-hydrogen) atoms. The van der Waals surface area contributed by atoms with Gasteiger partial charge in [0.2, 0.25) is 6.41 Å². The summed E-state index contributed by atoms with van der Waals surface area (Å²) >= 11 is 12.2. The maximum Gasteiger partial charge on any atom is 0.213 e. The van der Waals surface area contributed by atoms with Crippen molar-refractivity contribution < 1.29 is 33.7 Å². The van der Waals surface area contributed by atoms with Crippen LogP contribution in [-0.2, 0) is 24.8 Å². The molecule has 0 radical (unpaired) electrons. The zero-order chi connectivity index (χ0) is 37.1. The summed E-state index contributed by atoms with van der Waals surface area (Å²) in [5.41, 5.74) is -1.16. The Morgan fingerprint density at radius 3 is 1.96 bits per heavy atom. The summed E-state index contributed by atoms with van der Waals surface area (Å²) in [5, 5.41) is 24.4. The van der Waals surface area contributed by atoms with E-state index in [0.29, 0.717) is 72.1 Å². The van der Waals surface area contributed by atoms with Crippen molar-refractivity contribution in [1.29, 1.82) is 0 Å². The fourth-order valence-electron chi connectivity index (χ4n) is 5.70. The van der Waals surface area contributed by atoms with Crippen molar-refractivity contribution >= 4 is 35.9 Å². The van der Waals surface area contributed by atoms with E-state index in [1.54, 1.807) is 57.4 Å². The molecule has 1 saturated heterocycles. The van der Waals surface area contributed by atoms with E-state index in [9.17, 15) is 19.8 Å². The van der Waals surface area contributed by atoms with E-state index >= 15 is 4.39 Å². The summed E-state index contributed by atoms with van der Waals surface area (Å²) in [6, 6.07) is 14.5. The minimum absolute atomic E-state index is 0.0947. The van der Waals surface area contributed by atoms with Gasteiger partial charge in [0.25, 0.3) is 0 Å². The number of rotatable bonds is 12. The number of aryl methyl sites for hydroxylation is 1. The lowest BCUT2D eigenvalue weighted by molar-refractivity contribution is -0.152. The molecule has 0 aromatic heterocycles. The van der Waals surface area contributed by atoms with Crippen molar-refractivity contribution in [2.24, 2.45) is 11.8 Å². The summed E-state index contributed by atoms with van der Waals surface area (Å²) in [7, 11) is 1.64. The van der Waals surface area contributed by atoms with Gasteiger partial charge in [-0.3, -0.25) is 4.79 Å². The quantitative estimate of drug-likeness (QED) is 0.110. The van der Waals surface area contributed by atoms with Gasteiger partial charge in [-0.1, -0.05) is 94.2 Å². The third-order valence-electron chi connectivity index (χ3n) is 7.95. The maximum atomic E-state index is 16.2. The molecule has 0 spiro atoms. The van der Waals surface area contributed by atoms with Crippen molar-refractivity contribution in [2.45, 2.75) is 72.3 Å². The van der Waals surface area contributed by atoms with Gasteiger partial charge in [-0.25, -0.2) is 4.39 Å². The lowest BCUT2D eigenvalue weighted by atomic mass is 9.82. The van der Waals surface area contributed by atoms with E-state index in [-0.39, 0.29) is 17.0 Å². The largest absolute Gasteiger partial charge is 0.388 e. The maximum absolute atomic E-state index is 16.2. The van der Waals surface area contributed by atoms with Crippen LogP contribution in [-0.4, -0.2) is 54.7 Å². The van der Waals surface area contributed by atoms with E-state index < -0.39 is 29.6 Å². The normalized spacial score (nSPS) is 15.6. The second-order valence-corrected chi connectivity index (χ2v) is 11.9. The average Bonchev–Trinajstić information content (AvgIpc) is 3.13. The first kappa shape index (κ1) is 43.9. The Morgan fingerprint density at radius 1 is 1.00 bits per heavy atom. The van der Waals surface area contributed by atoms with Crippen LogP contribution in [0, 0.1) is 24.6 Å². The van der Waals surface area contributed by atoms with Gasteiger partial charge in [-0.05, 0) is 72.7 Å². The fraction of sp³-hybridized carbons (Fsp3) is 0.436. The molecule has 3 aromatic carbocycles. The molecule has 1 aliphatic rings. The van der Waals surface area contributed by atoms with Crippen LogP contribution in [0.5, 0.6) is 0 Å². The van der Waals surface area contributed by atoms with Gasteiger partial charge < -0.3 is 29.4 Å². The Kier molecular flexibility index (Phi) is 20.2. The molecule has 270 valence electrons. The molecular formula is C39H52Cl2FNO6. The topological polar surface area (TPSA) is 96.3 Å². The van der Waals surface area contributed by atoms with Crippen LogP contribution in [0.15, 0.2) is 73.3 Å². The molecule has 0 aliphatic carbocycles.